The average molecular weight is 358 g/mol. The predicted octanol–water partition coefficient (Wildman–Crippen LogP) is 3.47. The highest BCUT2D eigenvalue weighted by Crippen LogP contribution is 2.21. The second kappa shape index (κ2) is 8.99. The Balaban J connectivity index is 1.87. The van der Waals surface area contributed by atoms with Gasteiger partial charge in [-0.3, -0.25) is 9.59 Å². The average Bonchev–Trinajstić information content (AvgIpc) is 2.63. The van der Waals surface area contributed by atoms with E-state index in [1.165, 1.54) is 18.2 Å². The molecule has 2 aromatic rings. The summed E-state index contributed by atoms with van der Waals surface area (Å²) < 4.78 is 18.7. The van der Waals surface area contributed by atoms with E-state index in [4.69, 9.17) is 4.74 Å². The minimum Gasteiger partial charge on any atom is -0.497 e. The summed E-state index contributed by atoms with van der Waals surface area (Å²) in [5.41, 5.74) is 1.09. The van der Waals surface area contributed by atoms with Crippen LogP contribution in [0, 0.1) is 5.82 Å². The highest BCUT2D eigenvalue weighted by molar-refractivity contribution is 5.97. The summed E-state index contributed by atoms with van der Waals surface area (Å²) in [6, 6.07) is 12.6. The first-order valence-corrected chi connectivity index (χ1v) is 8.39. The van der Waals surface area contributed by atoms with Gasteiger partial charge in [0.05, 0.1) is 12.8 Å². The van der Waals surface area contributed by atoms with Crippen LogP contribution < -0.4 is 15.4 Å². The van der Waals surface area contributed by atoms with Gasteiger partial charge in [-0.15, -0.1) is 0 Å². The number of ether oxygens (including phenoxy) is 1. The lowest BCUT2D eigenvalue weighted by molar-refractivity contribution is -0.126. The normalized spacial score (nSPS) is 12.8. The first kappa shape index (κ1) is 19.4. The zero-order valence-electron chi connectivity index (χ0n) is 15.1. The smallest absolute Gasteiger partial charge is 0.246 e. The minimum absolute atomic E-state index is 0.0114. The van der Waals surface area contributed by atoms with E-state index in [2.05, 4.69) is 10.6 Å². The molecule has 138 valence electrons. The molecule has 2 amide bonds. The van der Waals surface area contributed by atoms with Gasteiger partial charge in [-0.2, -0.15) is 0 Å². The molecule has 0 aliphatic heterocycles. The summed E-state index contributed by atoms with van der Waals surface area (Å²) in [5, 5.41) is 5.11. The third-order valence-electron chi connectivity index (χ3n) is 4.08. The number of benzene rings is 2. The lowest BCUT2D eigenvalue weighted by Crippen LogP contribution is -2.42. The van der Waals surface area contributed by atoms with Crippen molar-refractivity contribution in [2.24, 2.45) is 0 Å². The molecule has 0 aliphatic rings. The molecule has 0 saturated carbocycles. The van der Waals surface area contributed by atoms with Crippen LogP contribution in [0.3, 0.4) is 0 Å². The first-order chi connectivity index (χ1) is 12.4. The van der Waals surface area contributed by atoms with Crippen molar-refractivity contribution in [3.8, 4) is 5.75 Å². The number of hydrogen-bond acceptors (Lipinski definition) is 3. The molecule has 0 aliphatic carbocycles. The van der Waals surface area contributed by atoms with Crippen LogP contribution in [0.1, 0.15) is 31.7 Å². The fourth-order valence-corrected chi connectivity index (χ4v) is 2.50. The van der Waals surface area contributed by atoms with E-state index in [0.717, 1.165) is 11.3 Å². The second-order valence-corrected chi connectivity index (χ2v) is 6.14. The second-order valence-electron chi connectivity index (χ2n) is 6.14. The van der Waals surface area contributed by atoms with Crippen LogP contribution in [0.4, 0.5) is 10.1 Å². The Labute approximate surface area is 152 Å². The van der Waals surface area contributed by atoms with Crippen molar-refractivity contribution in [1.29, 1.82) is 0 Å². The van der Waals surface area contributed by atoms with Crippen LogP contribution >= 0.6 is 0 Å². The van der Waals surface area contributed by atoms with E-state index in [0.29, 0.717) is 0 Å². The number of carbonyl (C=O) groups is 2. The number of carbonyl (C=O) groups excluding carboxylic acids is 2. The van der Waals surface area contributed by atoms with Crippen LogP contribution in [0.2, 0.25) is 0 Å². The Morgan fingerprint density at radius 3 is 2.35 bits per heavy atom. The number of anilines is 1. The molecule has 0 bridgehead atoms. The molecule has 0 aromatic heterocycles. The molecular weight excluding hydrogens is 335 g/mol. The molecule has 0 fully saturated rings. The molecule has 2 atom stereocenters. The molecule has 0 radical (unpaired) electrons. The number of rotatable bonds is 7. The highest BCUT2D eigenvalue weighted by atomic mass is 19.1. The van der Waals surface area contributed by atoms with Gasteiger partial charge in [-0.05, 0) is 42.7 Å². The standard InChI is InChI=1S/C20H23FN2O3/c1-13(15-8-10-16(26-3)11-9-15)12-19(24)22-14(2)20(25)23-18-7-5-4-6-17(18)21/h4-11,13-14H,12H2,1-3H3,(H,22,24)(H,23,25). The Kier molecular flexibility index (Phi) is 6.72. The Morgan fingerprint density at radius 2 is 1.73 bits per heavy atom. The van der Waals surface area contributed by atoms with E-state index in [9.17, 15) is 14.0 Å². The molecule has 0 heterocycles. The Hall–Kier alpha value is -2.89. The van der Waals surface area contributed by atoms with E-state index in [-0.39, 0.29) is 23.9 Å². The van der Waals surface area contributed by atoms with Crippen LogP contribution in [0.25, 0.3) is 0 Å². The topological polar surface area (TPSA) is 67.4 Å². The maximum Gasteiger partial charge on any atom is 0.246 e. The fraction of sp³-hybridized carbons (Fsp3) is 0.300. The van der Waals surface area contributed by atoms with Crippen molar-refractivity contribution < 1.29 is 18.7 Å². The summed E-state index contributed by atoms with van der Waals surface area (Å²) in [6.45, 7) is 3.50. The van der Waals surface area contributed by atoms with E-state index < -0.39 is 17.8 Å². The monoisotopic (exact) mass is 358 g/mol. The molecule has 2 rings (SSSR count). The van der Waals surface area contributed by atoms with Crippen molar-refractivity contribution in [1.82, 2.24) is 5.32 Å². The molecular formula is C20H23FN2O3. The third-order valence-corrected chi connectivity index (χ3v) is 4.08. The number of amides is 2. The molecule has 2 aromatic carbocycles. The highest BCUT2D eigenvalue weighted by Gasteiger charge is 2.19. The third kappa shape index (κ3) is 5.31. The van der Waals surface area contributed by atoms with Gasteiger partial charge in [-0.25, -0.2) is 4.39 Å². The van der Waals surface area contributed by atoms with Crippen molar-refractivity contribution in [2.45, 2.75) is 32.2 Å². The summed E-state index contributed by atoms with van der Waals surface area (Å²) in [4.78, 5) is 24.3. The molecule has 2 N–H and O–H groups in total. The largest absolute Gasteiger partial charge is 0.497 e. The summed E-state index contributed by atoms with van der Waals surface area (Å²) >= 11 is 0. The molecule has 0 saturated heterocycles. The first-order valence-electron chi connectivity index (χ1n) is 8.39. The maximum atomic E-state index is 13.6. The van der Waals surface area contributed by atoms with Crippen molar-refractivity contribution in [2.75, 3.05) is 12.4 Å². The van der Waals surface area contributed by atoms with Crippen molar-refractivity contribution in [3.63, 3.8) is 0 Å². The lowest BCUT2D eigenvalue weighted by atomic mass is 9.97. The van der Waals surface area contributed by atoms with E-state index >= 15 is 0 Å². The Morgan fingerprint density at radius 1 is 1.08 bits per heavy atom. The van der Waals surface area contributed by atoms with E-state index in [1.807, 2.05) is 31.2 Å². The maximum absolute atomic E-state index is 13.6. The fourth-order valence-electron chi connectivity index (χ4n) is 2.50. The van der Waals surface area contributed by atoms with Crippen LogP contribution in [0.15, 0.2) is 48.5 Å². The SMILES string of the molecule is COc1ccc(C(C)CC(=O)NC(C)C(=O)Nc2ccccc2F)cc1. The van der Waals surface area contributed by atoms with Gasteiger partial charge in [0.15, 0.2) is 0 Å². The molecule has 6 heteroatoms. The molecule has 5 nitrogen and oxygen atoms in total. The quantitative estimate of drug-likeness (QED) is 0.796. The summed E-state index contributed by atoms with van der Waals surface area (Å²) in [7, 11) is 1.60. The molecule has 2 unspecified atom stereocenters. The summed E-state index contributed by atoms with van der Waals surface area (Å²) in [5.74, 6) is -0.496. The van der Waals surface area contributed by atoms with Crippen LogP contribution in [-0.4, -0.2) is 25.0 Å². The number of nitrogens with one attached hydrogen (secondary N) is 2. The molecule has 26 heavy (non-hydrogen) atoms. The van der Waals surface area contributed by atoms with Gasteiger partial charge < -0.3 is 15.4 Å². The zero-order chi connectivity index (χ0) is 19.1. The number of halogens is 1. The predicted molar refractivity (Wildman–Crippen MR) is 98.7 cm³/mol. The van der Waals surface area contributed by atoms with Gasteiger partial charge in [0.25, 0.3) is 0 Å². The van der Waals surface area contributed by atoms with Crippen molar-refractivity contribution in [3.05, 3.63) is 59.9 Å². The van der Waals surface area contributed by atoms with Crippen LogP contribution in [0.5, 0.6) is 5.75 Å². The van der Waals surface area contributed by atoms with Gasteiger partial charge in [0.2, 0.25) is 11.8 Å². The molecule has 0 spiro atoms. The minimum atomic E-state index is -0.773. The van der Waals surface area contributed by atoms with Gasteiger partial charge in [-0.1, -0.05) is 31.2 Å². The number of para-hydroxylation sites is 1. The number of methoxy groups -OCH3 is 1. The zero-order valence-corrected chi connectivity index (χ0v) is 15.1. The van der Waals surface area contributed by atoms with Crippen LogP contribution in [-0.2, 0) is 9.59 Å². The van der Waals surface area contributed by atoms with E-state index in [1.54, 1.807) is 20.1 Å². The van der Waals surface area contributed by atoms with Gasteiger partial charge in [0.1, 0.15) is 17.6 Å². The number of hydrogen-bond donors (Lipinski definition) is 2. The Bertz CT molecular complexity index is 762. The summed E-state index contributed by atoms with van der Waals surface area (Å²) in [6.07, 6.45) is 0.240. The van der Waals surface area contributed by atoms with Crippen molar-refractivity contribution >= 4 is 17.5 Å². The lowest BCUT2D eigenvalue weighted by Gasteiger charge is -2.17. The van der Waals surface area contributed by atoms with Gasteiger partial charge in [0, 0.05) is 6.42 Å². The van der Waals surface area contributed by atoms with Gasteiger partial charge >= 0.3 is 0 Å².